The van der Waals surface area contributed by atoms with Gasteiger partial charge in [0.05, 0.1) is 12.8 Å². The van der Waals surface area contributed by atoms with Crippen molar-refractivity contribution in [1.29, 1.82) is 0 Å². The van der Waals surface area contributed by atoms with Gasteiger partial charge in [0.2, 0.25) is 17.7 Å². The highest BCUT2D eigenvalue weighted by Crippen LogP contribution is 2.40. The Kier molecular flexibility index (Phi) is 7.37. The maximum Gasteiger partial charge on any atom is 0.287 e. The van der Waals surface area contributed by atoms with Crippen molar-refractivity contribution >= 4 is 23.6 Å². The molecule has 4 amide bonds. The van der Waals surface area contributed by atoms with Crippen molar-refractivity contribution in [3.63, 3.8) is 0 Å². The first-order chi connectivity index (χ1) is 15.2. The number of furan rings is 1. The Bertz CT molecular complexity index is 855. The Morgan fingerprint density at radius 3 is 2.34 bits per heavy atom. The van der Waals surface area contributed by atoms with Gasteiger partial charge in [0.15, 0.2) is 5.76 Å². The van der Waals surface area contributed by atoms with Gasteiger partial charge in [0.1, 0.15) is 6.04 Å². The molecule has 1 atom stereocenters. The third kappa shape index (κ3) is 5.77. The maximum absolute atomic E-state index is 13.0. The summed E-state index contributed by atoms with van der Waals surface area (Å²) in [5.41, 5.74) is 0.838. The SMILES string of the molecule is C=C(C)CC(NC(C)=O)C(=O)N1CCC2(CCN(C(=O)CNC(=O)c3ccco3)CC2)C1. The predicted molar refractivity (Wildman–Crippen MR) is 118 cm³/mol. The van der Waals surface area contributed by atoms with Gasteiger partial charge < -0.3 is 24.9 Å². The van der Waals surface area contributed by atoms with Crippen LogP contribution in [0.1, 0.15) is 50.1 Å². The third-order valence-corrected chi connectivity index (χ3v) is 6.30. The van der Waals surface area contributed by atoms with E-state index in [9.17, 15) is 19.2 Å². The third-order valence-electron chi connectivity index (χ3n) is 6.30. The van der Waals surface area contributed by atoms with Crippen LogP contribution in [0.25, 0.3) is 0 Å². The molecule has 0 bridgehead atoms. The van der Waals surface area contributed by atoms with E-state index in [4.69, 9.17) is 4.42 Å². The van der Waals surface area contributed by atoms with E-state index in [2.05, 4.69) is 17.2 Å². The quantitative estimate of drug-likeness (QED) is 0.616. The highest BCUT2D eigenvalue weighted by atomic mass is 16.3. The van der Waals surface area contributed by atoms with Gasteiger partial charge in [-0.15, -0.1) is 6.58 Å². The predicted octanol–water partition coefficient (Wildman–Crippen LogP) is 1.32. The lowest BCUT2D eigenvalue weighted by Crippen LogP contribution is -2.50. The highest BCUT2D eigenvalue weighted by Gasteiger charge is 2.43. The molecular formula is C23H32N4O5. The summed E-state index contributed by atoms with van der Waals surface area (Å²) in [5, 5.41) is 5.34. The number of hydrogen-bond donors (Lipinski definition) is 2. The van der Waals surface area contributed by atoms with E-state index >= 15 is 0 Å². The van der Waals surface area contributed by atoms with Crippen LogP contribution in [0, 0.1) is 5.41 Å². The Labute approximate surface area is 188 Å². The number of hydrogen-bond acceptors (Lipinski definition) is 5. The van der Waals surface area contributed by atoms with Crippen molar-refractivity contribution in [2.45, 2.75) is 45.6 Å². The molecule has 3 heterocycles. The van der Waals surface area contributed by atoms with Crippen LogP contribution in [-0.2, 0) is 14.4 Å². The van der Waals surface area contributed by atoms with Crippen LogP contribution >= 0.6 is 0 Å². The van der Waals surface area contributed by atoms with Crippen LogP contribution in [0.3, 0.4) is 0 Å². The molecule has 0 saturated carbocycles. The molecule has 1 aromatic rings. The summed E-state index contributed by atoms with van der Waals surface area (Å²) in [6.07, 6.45) is 4.33. The summed E-state index contributed by atoms with van der Waals surface area (Å²) >= 11 is 0. The normalized spacial score (nSPS) is 18.3. The Morgan fingerprint density at radius 2 is 1.78 bits per heavy atom. The molecule has 9 heteroatoms. The number of amides is 4. The van der Waals surface area contributed by atoms with Crippen molar-refractivity contribution in [1.82, 2.24) is 20.4 Å². The second-order valence-corrected chi connectivity index (χ2v) is 8.96. The summed E-state index contributed by atoms with van der Waals surface area (Å²) < 4.78 is 5.03. The highest BCUT2D eigenvalue weighted by molar-refractivity contribution is 5.94. The smallest absolute Gasteiger partial charge is 0.287 e. The Morgan fingerprint density at radius 1 is 1.12 bits per heavy atom. The van der Waals surface area contributed by atoms with Crippen molar-refractivity contribution < 1.29 is 23.6 Å². The summed E-state index contributed by atoms with van der Waals surface area (Å²) in [6, 6.07) is 2.58. The van der Waals surface area contributed by atoms with Crippen LogP contribution in [0.2, 0.25) is 0 Å². The molecular weight excluding hydrogens is 412 g/mol. The van der Waals surface area contributed by atoms with E-state index in [0.29, 0.717) is 32.6 Å². The lowest BCUT2D eigenvalue weighted by Gasteiger charge is -2.39. The van der Waals surface area contributed by atoms with Gasteiger partial charge in [0, 0.05) is 33.1 Å². The summed E-state index contributed by atoms with van der Waals surface area (Å²) in [5.74, 6) is -0.665. The standard InChI is InChI=1S/C23H32N4O5/c1-16(2)13-18(25-17(3)28)22(31)27-11-8-23(15-27)6-9-26(10-7-23)20(29)14-24-21(30)19-5-4-12-32-19/h4-5,12,18H,1,6-11,13-15H2,2-3H3,(H,24,30)(H,25,28). The molecule has 2 saturated heterocycles. The summed E-state index contributed by atoms with van der Waals surface area (Å²) in [7, 11) is 0. The molecule has 1 spiro atoms. The van der Waals surface area contributed by atoms with E-state index in [0.717, 1.165) is 24.8 Å². The zero-order chi connectivity index (χ0) is 23.3. The zero-order valence-electron chi connectivity index (χ0n) is 18.8. The molecule has 9 nitrogen and oxygen atoms in total. The van der Waals surface area contributed by atoms with Crippen molar-refractivity contribution in [2.75, 3.05) is 32.7 Å². The van der Waals surface area contributed by atoms with Gasteiger partial charge in [-0.3, -0.25) is 19.2 Å². The van der Waals surface area contributed by atoms with Crippen LogP contribution in [0.15, 0.2) is 35.0 Å². The molecule has 3 rings (SSSR count). The first-order valence-electron chi connectivity index (χ1n) is 11.0. The number of likely N-dealkylation sites (tertiary alicyclic amines) is 2. The van der Waals surface area contributed by atoms with Gasteiger partial charge in [-0.25, -0.2) is 0 Å². The number of nitrogens with zero attached hydrogens (tertiary/aromatic N) is 2. The van der Waals surface area contributed by atoms with Crippen LogP contribution in [-0.4, -0.2) is 72.2 Å². The van der Waals surface area contributed by atoms with Crippen molar-refractivity contribution in [2.24, 2.45) is 5.41 Å². The molecule has 0 radical (unpaired) electrons. The number of nitrogens with one attached hydrogen (secondary N) is 2. The first kappa shape index (κ1) is 23.6. The van der Waals surface area contributed by atoms with Gasteiger partial charge in [-0.2, -0.15) is 0 Å². The minimum absolute atomic E-state index is 0.00610. The second kappa shape index (κ2) is 10.0. The molecule has 2 fully saturated rings. The van der Waals surface area contributed by atoms with Crippen LogP contribution < -0.4 is 10.6 Å². The molecule has 2 aliphatic rings. The van der Waals surface area contributed by atoms with Crippen LogP contribution in [0.5, 0.6) is 0 Å². The van der Waals surface area contributed by atoms with E-state index < -0.39 is 11.9 Å². The monoisotopic (exact) mass is 444 g/mol. The molecule has 0 aromatic carbocycles. The minimum Gasteiger partial charge on any atom is -0.459 e. The Balaban J connectivity index is 1.49. The van der Waals surface area contributed by atoms with Gasteiger partial charge in [-0.1, -0.05) is 5.57 Å². The fraction of sp³-hybridized carbons (Fsp3) is 0.565. The topological polar surface area (TPSA) is 112 Å². The van der Waals surface area contributed by atoms with E-state index in [1.165, 1.54) is 13.2 Å². The van der Waals surface area contributed by atoms with E-state index in [1.807, 2.05) is 11.8 Å². The van der Waals surface area contributed by atoms with Crippen molar-refractivity contribution in [3.05, 3.63) is 36.3 Å². The number of carbonyl (C=O) groups excluding carboxylic acids is 4. The van der Waals surface area contributed by atoms with E-state index in [1.54, 1.807) is 17.0 Å². The lowest BCUT2D eigenvalue weighted by atomic mass is 9.77. The van der Waals surface area contributed by atoms with Crippen LogP contribution in [0.4, 0.5) is 0 Å². The largest absolute Gasteiger partial charge is 0.459 e. The maximum atomic E-state index is 13.0. The van der Waals surface area contributed by atoms with Gasteiger partial charge in [-0.05, 0) is 50.2 Å². The number of rotatable bonds is 7. The average Bonchev–Trinajstić information content (AvgIpc) is 3.41. The van der Waals surface area contributed by atoms with Gasteiger partial charge >= 0.3 is 0 Å². The molecule has 32 heavy (non-hydrogen) atoms. The molecule has 1 aromatic heterocycles. The van der Waals surface area contributed by atoms with E-state index in [-0.39, 0.29) is 35.4 Å². The molecule has 2 N–H and O–H groups in total. The molecule has 1 unspecified atom stereocenters. The molecule has 2 aliphatic heterocycles. The van der Waals surface area contributed by atoms with Gasteiger partial charge in [0.25, 0.3) is 5.91 Å². The summed E-state index contributed by atoms with van der Waals surface area (Å²) in [4.78, 5) is 52.6. The average molecular weight is 445 g/mol. The fourth-order valence-corrected chi connectivity index (χ4v) is 4.54. The zero-order valence-corrected chi connectivity index (χ0v) is 18.8. The first-order valence-corrected chi connectivity index (χ1v) is 11.0. The lowest BCUT2D eigenvalue weighted by molar-refractivity contribution is -0.136. The molecule has 174 valence electrons. The number of piperidine rings is 1. The fourth-order valence-electron chi connectivity index (χ4n) is 4.54. The van der Waals surface area contributed by atoms with Crippen molar-refractivity contribution in [3.8, 4) is 0 Å². The molecule has 0 aliphatic carbocycles. The summed E-state index contributed by atoms with van der Waals surface area (Å²) in [6.45, 7) is 9.53. The number of carbonyl (C=O) groups is 4. The minimum atomic E-state index is -0.584. The Hall–Kier alpha value is -3.10. The second-order valence-electron chi connectivity index (χ2n) is 8.96.